The van der Waals surface area contributed by atoms with E-state index in [1.54, 1.807) is 38.3 Å². The third-order valence-corrected chi connectivity index (χ3v) is 4.48. The van der Waals surface area contributed by atoms with E-state index < -0.39 is 5.97 Å². The zero-order chi connectivity index (χ0) is 19.3. The quantitative estimate of drug-likeness (QED) is 0.616. The highest BCUT2D eigenvalue weighted by Gasteiger charge is 2.12. The van der Waals surface area contributed by atoms with Crippen LogP contribution in [0.5, 0.6) is 0 Å². The van der Waals surface area contributed by atoms with E-state index >= 15 is 0 Å². The standard InChI is InChI=1S/C19H16FN3O2S/c1-11(8-21)6-16(18-23-10-17(26-18)19(24)25)22-9-13(3)14-4-5-15(20)12(2)7-14/h4-7,9-10H,1-3H3,(H,24,25)/b11-6+,13-9+,22-16-. The number of aromatic carboxylic acids is 1. The van der Waals surface area contributed by atoms with Crippen molar-refractivity contribution in [1.82, 2.24) is 4.98 Å². The molecule has 132 valence electrons. The summed E-state index contributed by atoms with van der Waals surface area (Å²) in [4.78, 5) is 19.6. The third-order valence-electron chi connectivity index (χ3n) is 3.48. The van der Waals surface area contributed by atoms with Crippen LogP contribution in [0.3, 0.4) is 0 Å². The summed E-state index contributed by atoms with van der Waals surface area (Å²) in [6.07, 6.45) is 4.39. The lowest BCUT2D eigenvalue weighted by Gasteiger charge is -2.03. The summed E-state index contributed by atoms with van der Waals surface area (Å²) >= 11 is 0.979. The maximum Gasteiger partial charge on any atom is 0.347 e. The van der Waals surface area contributed by atoms with Gasteiger partial charge in [0, 0.05) is 11.8 Å². The van der Waals surface area contributed by atoms with E-state index in [-0.39, 0.29) is 10.7 Å². The van der Waals surface area contributed by atoms with E-state index in [1.165, 1.54) is 12.3 Å². The minimum Gasteiger partial charge on any atom is -0.477 e. The van der Waals surface area contributed by atoms with Gasteiger partial charge in [-0.25, -0.2) is 14.2 Å². The molecule has 0 aliphatic carbocycles. The van der Waals surface area contributed by atoms with Gasteiger partial charge in [0.05, 0.1) is 18.0 Å². The summed E-state index contributed by atoms with van der Waals surface area (Å²) in [5.74, 6) is -1.34. The monoisotopic (exact) mass is 369 g/mol. The fourth-order valence-corrected chi connectivity index (χ4v) is 2.74. The molecule has 1 heterocycles. The van der Waals surface area contributed by atoms with Gasteiger partial charge in [-0.05, 0) is 55.7 Å². The Hall–Kier alpha value is -3.11. The fourth-order valence-electron chi connectivity index (χ4n) is 2.01. The average molecular weight is 369 g/mol. The number of hydrogen-bond acceptors (Lipinski definition) is 5. The Labute approximate surface area is 154 Å². The molecule has 26 heavy (non-hydrogen) atoms. The van der Waals surface area contributed by atoms with Crippen molar-refractivity contribution >= 4 is 28.6 Å². The summed E-state index contributed by atoms with van der Waals surface area (Å²) < 4.78 is 13.4. The van der Waals surface area contributed by atoms with Crippen molar-refractivity contribution < 1.29 is 14.3 Å². The van der Waals surface area contributed by atoms with Crippen LogP contribution in [-0.4, -0.2) is 21.8 Å². The van der Waals surface area contributed by atoms with E-state index in [2.05, 4.69) is 9.98 Å². The van der Waals surface area contributed by atoms with Crippen molar-refractivity contribution in [3.8, 4) is 6.07 Å². The third kappa shape index (κ3) is 4.71. The number of carboxylic acids is 1. The lowest BCUT2D eigenvalue weighted by Crippen LogP contribution is -1.96. The smallest absolute Gasteiger partial charge is 0.347 e. The summed E-state index contributed by atoms with van der Waals surface area (Å²) in [6, 6.07) is 6.78. The summed E-state index contributed by atoms with van der Waals surface area (Å²) in [6.45, 7) is 5.14. The van der Waals surface area contributed by atoms with Gasteiger partial charge in [0.2, 0.25) is 0 Å². The number of hydrogen-bond donors (Lipinski definition) is 1. The second-order valence-corrected chi connectivity index (χ2v) is 6.60. The molecule has 0 aliphatic rings. The molecule has 0 atom stereocenters. The van der Waals surface area contributed by atoms with Gasteiger partial charge in [0.15, 0.2) is 0 Å². The second-order valence-electron chi connectivity index (χ2n) is 5.56. The van der Waals surface area contributed by atoms with Crippen LogP contribution in [0, 0.1) is 24.1 Å². The number of aliphatic imine (C=N–C) groups is 1. The zero-order valence-electron chi connectivity index (χ0n) is 14.4. The number of nitrogens with zero attached hydrogens (tertiary/aromatic N) is 3. The molecule has 1 aromatic carbocycles. The van der Waals surface area contributed by atoms with Gasteiger partial charge in [0.25, 0.3) is 0 Å². The van der Waals surface area contributed by atoms with Crippen molar-refractivity contribution in [2.75, 3.05) is 0 Å². The highest BCUT2D eigenvalue weighted by Crippen LogP contribution is 2.19. The summed E-state index contributed by atoms with van der Waals surface area (Å²) in [5, 5.41) is 18.4. The molecule has 1 N–H and O–H groups in total. The number of allylic oxidation sites excluding steroid dienone is 3. The second kappa shape index (κ2) is 8.32. The molecule has 0 saturated heterocycles. The van der Waals surface area contributed by atoms with Crippen molar-refractivity contribution in [1.29, 1.82) is 5.26 Å². The molecular formula is C19H16FN3O2S. The molecular weight excluding hydrogens is 353 g/mol. The number of benzene rings is 1. The Bertz CT molecular complexity index is 981. The van der Waals surface area contributed by atoms with E-state index in [9.17, 15) is 9.18 Å². The number of carbonyl (C=O) groups is 1. The van der Waals surface area contributed by atoms with Gasteiger partial charge in [-0.1, -0.05) is 6.07 Å². The van der Waals surface area contributed by atoms with E-state index in [0.717, 1.165) is 22.5 Å². The van der Waals surface area contributed by atoms with Crippen LogP contribution in [0.2, 0.25) is 0 Å². The van der Waals surface area contributed by atoms with E-state index in [1.807, 2.05) is 13.0 Å². The average Bonchev–Trinajstić information content (AvgIpc) is 3.10. The van der Waals surface area contributed by atoms with Crippen LogP contribution in [0.1, 0.15) is 39.7 Å². The fraction of sp³-hybridized carbons (Fsp3) is 0.158. The first-order chi connectivity index (χ1) is 12.3. The molecule has 0 unspecified atom stereocenters. The van der Waals surface area contributed by atoms with Gasteiger partial charge in [-0.3, -0.25) is 4.99 Å². The van der Waals surface area contributed by atoms with Crippen molar-refractivity contribution in [2.24, 2.45) is 4.99 Å². The molecule has 7 heteroatoms. The molecule has 1 aromatic heterocycles. The van der Waals surface area contributed by atoms with Crippen LogP contribution in [0.4, 0.5) is 4.39 Å². The van der Waals surface area contributed by atoms with Gasteiger partial charge in [-0.15, -0.1) is 11.3 Å². The number of aromatic nitrogens is 1. The van der Waals surface area contributed by atoms with Crippen molar-refractivity contribution in [2.45, 2.75) is 20.8 Å². The SMILES string of the molecule is C\C(C#N)=C/C(=N/C=C(\C)c1ccc(F)c(C)c1)c1ncc(C(=O)O)s1. The molecule has 2 aromatic rings. The first-order valence-electron chi connectivity index (χ1n) is 7.60. The molecule has 0 radical (unpaired) electrons. The zero-order valence-corrected chi connectivity index (χ0v) is 15.3. The Morgan fingerprint density at radius 1 is 1.42 bits per heavy atom. The highest BCUT2D eigenvalue weighted by molar-refractivity contribution is 7.15. The van der Waals surface area contributed by atoms with Gasteiger partial charge in [0.1, 0.15) is 15.7 Å². The van der Waals surface area contributed by atoms with Gasteiger partial charge < -0.3 is 5.11 Å². The lowest BCUT2D eigenvalue weighted by atomic mass is 10.1. The first-order valence-corrected chi connectivity index (χ1v) is 8.42. The predicted octanol–water partition coefficient (Wildman–Crippen LogP) is 4.61. The molecule has 0 saturated carbocycles. The van der Waals surface area contributed by atoms with Crippen LogP contribution in [0.25, 0.3) is 5.57 Å². The first kappa shape index (κ1) is 19.2. The number of rotatable bonds is 5. The van der Waals surface area contributed by atoms with Crippen LogP contribution in [-0.2, 0) is 0 Å². The molecule has 5 nitrogen and oxygen atoms in total. The number of carboxylic acid groups (broad SMARTS) is 1. The summed E-state index contributed by atoms with van der Waals surface area (Å²) in [7, 11) is 0. The maximum atomic E-state index is 13.4. The largest absolute Gasteiger partial charge is 0.477 e. The maximum absolute atomic E-state index is 13.4. The van der Waals surface area contributed by atoms with Crippen LogP contribution < -0.4 is 0 Å². The number of nitriles is 1. The number of thiazole rings is 1. The molecule has 0 bridgehead atoms. The Kier molecular flexibility index (Phi) is 6.15. The predicted molar refractivity (Wildman–Crippen MR) is 99.8 cm³/mol. The highest BCUT2D eigenvalue weighted by atomic mass is 32.1. The number of halogens is 1. The minimum absolute atomic E-state index is 0.0885. The molecule has 0 spiro atoms. The molecule has 0 aliphatic heterocycles. The van der Waals surface area contributed by atoms with E-state index in [4.69, 9.17) is 10.4 Å². The molecule has 0 fully saturated rings. The summed E-state index contributed by atoms with van der Waals surface area (Å²) in [5.41, 5.74) is 2.95. The van der Waals surface area contributed by atoms with Gasteiger partial charge in [-0.2, -0.15) is 5.26 Å². The Morgan fingerprint density at radius 2 is 2.15 bits per heavy atom. The van der Waals surface area contributed by atoms with Crippen LogP contribution in [0.15, 0.2) is 47.2 Å². The van der Waals surface area contributed by atoms with Crippen molar-refractivity contribution in [3.63, 3.8) is 0 Å². The lowest BCUT2D eigenvalue weighted by molar-refractivity contribution is 0.0702. The molecule has 0 amide bonds. The van der Waals surface area contributed by atoms with Crippen molar-refractivity contribution in [3.05, 3.63) is 69.1 Å². The normalized spacial score (nSPS) is 12.8. The topological polar surface area (TPSA) is 86.3 Å². The Balaban J connectivity index is 2.45. The minimum atomic E-state index is -1.07. The number of aryl methyl sites for hydroxylation is 1. The van der Waals surface area contributed by atoms with Gasteiger partial charge >= 0.3 is 5.97 Å². The van der Waals surface area contributed by atoms with E-state index in [0.29, 0.717) is 21.9 Å². The Morgan fingerprint density at radius 3 is 2.73 bits per heavy atom. The van der Waals surface area contributed by atoms with Crippen LogP contribution >= 0.6 is 11.3 Å². The molecule has 2 rings (SSSR count).